The number of nitrogens with one attached hydrogen (secondary N) is 3. The molecule has 0 aliphatic carbocycles. The number of hydrogen-bond donors (Lipinski definition) is 4. The number of imide groups is 1. The lowest BCUT2D eigenvalue weighted by atomic mass is 9.91. The van der Waals surface area contributed by atoms with Crippen LogP contribution in [0.5, 0.6) is 0 Å². The molecule has 2 unspecified atom stereocenters. The molecule has 2 rings (SSSR count). The molecule has 0 radical (unpaired) electrons. The Morgan fingerprint density at radius 3 is 2.38 bits per heavy atom. The average Bonchev–Trinajstić information content (AvgIpc) is 2.78. The van der Waals surface area contributed by atoms with Crippen LogP contribution in [0.2, 0.25) is 0 Å². The summed E-state index contributed by atoms with van der Waals surface area (Å²) in [6.07, 6.45) is -0.0214. The first-order valence-electron chi connectivity index (χ1n) is 7.46. The summed E-state index contributed by atoms with van der Waals surface area (Å²) in [5, 5.41) is 16.1. The SMILES string of the molecule is CC(CNC(=O)c1ccc(C2(C)NC(=O)NC2=O)cc1)CC(=O)O. The zero-order valence-electron chi connectivity index (χ0n) is 13.4. The zero-order valence-corrected chi connectivity index (χ0v) is 13.4. The molecule has 1 heterocycles. The van der Waals surface area contributed by atoms with Crippen LogP contribution in [0.4, 0.5) is 4.79 Å². The predicted molar refractivity (Wildman–Crippen MR) is 84.2 cm³/mol. The fourth-order valence-corrected chi connectivity index (χ4v) is 2.44. The van der Waals surface area contributed by atoms with Gasteiger partial charge >= 0.3 is 12.0 Å². The minimum absolute atomic E-state index is 0.0214. The van der Waals surface area contributed by atoms with E-state index in [1.807, 2.05) is 0 Å². The van der Waals surface area contributed by atoms with Crippen molar-refractivity contribution in [2.24, 2.45) is 5.92 Å². The maximum atomic E-state index is 12.1. The second-order valence-electron chi connectivity index (χ2n) is 6.02. The van der Waals surface area contributed by atoms with Crippen LogP contribution in [0, 0.1) is 5.92 Å². The molecule has 8 heteroatoms. The molecule has 4 amide bonds. The third kappa shape index (κ3) is 3.70. The molecule has 0 bridgehead atoms. The number of carboxylic acids is 1. The molecule has 8 nitrogen and oxygen atoms in total. The second-order valence-corrected chi connectivity index (χ2v) is 6.02. The summed E-state index contributed by atoms with van der Waals surface area (Å²) in [5.41, 5.74) is -0.224. The Kier molecular flexibility index (Phi) is 4.87. The van der Waals surface area contributed by atoms with Crippen molar-refractivity contribution in [1.82, 2.24) is 16.0 Å². The van der Waals surface area contributed by atoms with Crippen LogP contribution in [0.25, 0.3) is 0 Å². The second kappa shape index (κ2) is 6.69. The highest BCUT2D eigenvalue weighted by Crippen LogP contribution is 2.24. The van der Waals surface area contributed by atoms with Crippen molar-refractivity contribution >= 4 is 23.8 Å². The molecule has 128 valence electrons. The van der Waals surface area contributed by atoms with Gasteiger partial charge in [-0.3, -0.25) is 19.7 Å². The fourth-order valence-electron chi connectivity index (χ4n) is 2.44. The Morgan fingerprint density at radius 2 is 1.88 bits per heavy atom. The summed E-state index contributed by atoms with van der Waals surface area (Å²) in [5.74, 6) is -1.87. The van der Waals surface area contributed by atoms with E-state index in [0.717, 1.165) is 0 Å². The van der Waals surface area contributed by atoms with Gasteiger partial charge in [0.15, 0.2) is 0 Å². The molecule has 24 heavy (non-hydrogen) atoms. The summed E-state index contributed by atoms with van der Waals surface area (Å²) in [4.78, 5) is 45.8. The molecule has 1 fully saturated rings. The third-order valence-electron chi connectivity index (χ3n) is 3.90. The van der Waals surface area contributed by atoms with Crippen LogP contribution in [-0.2, 0) is 15.1 Å². The van der Waals surface area contributed by atoms with Gasteiger partial charge in [0, 0.05) is 18.5 Å². The normalized spacial score (nSPS) is 20.9. The van der Waals surface area contributed by atoms with E-state index in [-0.39, 0.29) is 24.8 Å². The van der Waals surface area contributed by atoms with Crippen LogP contribution >= 0.6 is 0 Å². The number of benzene rings is 1. The molecule has 0 aromatic heterocycles. The molecular formula is C16H19N3O5. The van der Waals surface area contributed by atoms with E-state index in [0.29, 0.717) is 11.1 Å². The zero-order chi connectivity index (χ0) is 17.9. The van der Waals surface area contributed by atoms with Crippen LogP contribution in [0.15, 0.2) is 24.3 Å². The topological polar surface area (TPSA) is 125 Å². The maximum Gasteiger partial charge on any atom is 0.322 e. The first-order chi connectivity index (χ1) is 11.2. The molecule has 4 N–H and O–H groups in total. The summed E-state index contributed by atoms with van der Waals surface area (Å²) in [7, 11) is 0. The molecular weight excluding hydrogens is 314 g/mol. The van der Waals surface area contributed by atoms with Gasteiger partial charge in [-0.05, 0) is 30.5 Å². The van der Waals surface area contributed by atoms with Crippen molar-refractivity contribution in [2.75, 3.05) is 6.54 Å². The van der Waals surface area contributed by atoms with E-state index in [9.17, 15) is 19.2 Å². The number of carbonyl (C=O) groups excluding carboxylic acids is 3. The lowest BCUT2D eigenvalue weighted by Gasteiger charge is -2.21. The van der Waals surface area contributed by atoms with Gasteiger partial charge in [-0.1, -0.05) is 19.1 Å². The first-order valence-corrected chi connectivity index (χ1v) is 7.46. The lowest BCUT2D eigenvalue weighted by molar-refractivity contribution is -0.138. The van der Waals surface area contributed by atoms with E-state index >= 15 is 0 Å². The molecule has 0 saturated carbocycles. The first kappa shape index (κ1) is 17.5. The summed E-state index contributed by atoms with van der Waals surface area (Å²) in [6, 6.07) is 5.74. The molecule has 2 atom stereocenters. The number of amides is 4. The lowest BCUT2D eigenvalue weighted by Crippen LogP contribution is -2.40. The number of urea groups is 1. The molecule has 1 saturated heterocycles. The molecule has 1 aliphatic rings. The predicted octanol–water partition coefficient (Wildman–Crippen LogP) is 0.582. The van der Waals surface area contributed by atoms with Gasteiger partial charge in [0.1, 0.15) is 5.54 Å². The van der Waals surface area contributed by atoms with Crippen LogP contribution < -0.4 is 16.0 Å². The van der Waals surface area contributed by atoms with Gasteiger partial charge in [0.05, 0.1) is 0 Å². The van der Waals surface area contributed by atoms with Crippen molar-refractivity contribution in [1.29, 1.82) is 0 Å². The van der Waals surface area contributed by atoms with Crippen LogP contribution in [0.1, 0.15) is 36.2 Å². The Labute approximate surface area is 138 Å². The highest BCUT2D eigenvalue weighted by Gasteiger charge is 2.43. The monoisotopic (exact) mass is 333 g/mol. The smallest absolute Gasteiger partial charge is 0.322 e. The van der Waals surface area contributed by atoms with Gasteiger partial charge in [-0.25, -0.2) is 4.79 Å². The number of carboxylic acid groups (broad SMARTS) is 1. The van der Waals surface area contributed by atoms with Gasteiger partial charge in [0.2, 0.25) is 0 Å². The molecule has 1 aromatic rings. The Morgan fingerprint density at radius 1 is 1.25 bits per heavy atom. The minimum atomic E-state index is -1.16. The summed E-state index contributed by atoms with van der Waals surface area (Å²) in [6.45, 7) is 3.57. The van der Waals surface area contributed by atoms with Crippen molar-refractivity contribution in [3.63, 3.8) is 0 Å². The number of carbonyl (C=O) groups is 4. The van der Waals surface area contributed by atoms with E-state index < -0.39 is 23.4 Å². The quantitative estimate of drug-likeness (QED) is 0.567. The van der Waals surface area contributed by atoms with Crippen molar-refractivity contribution in [3.05, 3.63) is 35.4 Å². The summed E-state index contributed by atoms with van der Waals surface area (Å²) < 4.78 is 0. The maximum absolute atomic E-state index is 12.1. The minimum Gasteiger partial charge on any atom is -0.481 e. The Bertz CT molecular complexity index is 685. The van der Waals surface area contributed by atoms with E-state index in [1.54, 1.807) is 38.1 Å². The number of aliphatic carboxylic acids is 1. The van der Waals surface area contributed by atoms with Gasteiger partial charge < -0.3 is 15.7 Å². The van der Waals surface area contributed by atoms with Crippen LogP contribution in [0.3, 0.4) is 0 Å². The van der Waals surface area contributed by atoms with Gasteiger partial charge in [0.25, 0.3) is 11.8 Å². The molecule has 0 spiro atoms. The molecule has 1 aliphatic heterocycles. The fraction of sp³-hybridized carbons (Fsp3) is 0.375. The van der Waals surface area contributed by atoms with Crippen molar-refractivity contribution in [2.45, 2.75) is 25.8 Å². The highest BCUT2D eigenvalue weighted by atomic mass is 16.4. The van der Waals surface area contributed by atoms with E-state index in [2.05, 4.69) is 16.0 Å². The third-order valence-corrected chi connectivity index (χ3v) is 3.90. The standard InChI is InChI=1S/C16H19N3O5/c1-9(7-12(20)21)8-17-13(22)10-3-5-11(6-4-10)16(2)14(23)18-15(24)19-16/h3-6,9H,7-8H2,1-2H3,(H,17,22)(H,20,21)(H2,18,19,23,24). The van der Waals surface area contributed by atoms with Crippen LogP contribution in [-0.4, -0.2) is 35.5 Å². The average molecular weight is 333 g/mol. The number of hydrogen-bond acceptors (Lipinski definition) is 4. The van der Waals surface area contributed by atoms with Crippen molar-refractivity contribution < 1.29 is 24.3 Å². The number of rotatable bonds is 6. The van der Waals surface area contributed by atoms with Gasteiger partial charge in [-0.2, -0.15) is 0 Å². The van der Waals surface area contributed by atoms with Crippen molar-refractivity contribution in [3.8, 4) is 0 Å². The van der Waals surface area contributed by atoms with E-state index in [4.69, 9.17) is 5.11 Å². The van der Waals surface area contributed by atoms with E-state index in [1.165, 1.54) is 0 Å². The Balaban J connectivity index is 2.01. The van der Waals surface area contributed by atoms with Gasteiger partial charge in [-0.15, -0.1) is 0 Å². The highest BCUT2D eigenvalue weighted by molar-refractivity contribution is 6.07. The largest absolute Gasteiger partial charge is 0.481 e. The summed E-state index contributed by atoms with van der Waals surface area (Å²) >= 11 is 0. The Hall–Kier alpha value is -2.90. The molecule has 1 aromatic carbocycles.